The summed E-state index contributed by atoms with van der Waals surface area (Å²) < 4.78 is 11.1. The highest BCUT2D eigenvalue weighted by Gasteiger charge is 2.18. The predicted molar refractivity (Wildman–Crippen MR) is 130 cm³/mol. The first-order valence-corrected chi connectivity index (χ1v) is 10.9. The molecule has 0 saturated heterocycles. The number of halogens is 1. The van der Waals surface area contributed by atoms with Crippen LogP contribution in [-0.2, 0) is 0 Å². The Morgan fingerprint density at radius 2 is 1.81 bits per heavy atom. The second kappa shape index (κ2) is 9.39. The number of thiocarbonyl (C=S) groups is 1. The van der Waals surface area contributed by atoms with Crippen LogP contribution < -0.4 is 20.7 Å². The Hall–Kier alpha value is -3.40. The number of thiophene rings is 1. The molecule has 2 amide bonds. The molecule has 0 unspecified atom stereocenters. The van der Waals surface area contributed by atoms with Crippen molar-refractivity contribution in [1.82, 2.24) is 5.32 Å². The van der Waals surface area contributed by atoms with Gasteiger partial charge in [-0.15, -0.1) is 11.3 Å². The third-order valence-corrected chi connectivity index (χ3v) is 6.25. The van der Waals surface area contributed by atoms with Crippen molar-refractivity contribution in [3.8, 4) is 5.75 Å². The van der Waals surface area contributed by atoms with Gasteiger partial charge in [-0.1, -0.05) is 17.7 Å². The topological polar surface area (TPSA) is 92.6 Å². The van der Waals surface area contributed by atoms with Crippen LogP contribution in [-0.4, -0.2) is 24.0 Å². The molecule has 0 bridgehead atoms. The predicted octanol–water partition coefficient (Wildman–Crippen LogP) is 5.54. The van der Waals surface area contributed by atoms with Crippen LogP contribution in [0, 0.1) is 0 Å². The van der Waals surface area contributed by atoms with Gasteiger partial charge in [0, 0.05) is 21.5 Å². The first-order chi connectivity index (χ1) is 15.4. The number of carbonyl (C=O) groups is 2. The first-order valence-electron chi connectivity index (χ1n) is 9.28. The van der Waals surface area contributed by atoms with Crippen molar-refractivity contribution in [2.45, 2.75) is 0 Å². The van der Waals surface area contributed by atoms with Crippen LogP contribution in [0.2, 0.25) is 5.02 Å². The number of hydrogen-bond acceptors (Lipinski definition) is 6. The molecule has 0 fully saturated rings. The van der Waals surface area contributed by atoms with Crippen molar-refractivity contribution in [3.63, 3.8) is 0 Å². The van der Waals surface area contributed by atoms with E-state index < -0.39 is 5.91 Å². The zero-order valence-electron chi connectivity index (χ0n) is 16.6. The summed E-state index contributed by atoms with van der Waals surface area (Å²) in [6.45, 7) is 0. The van der Waals surface area contributed by atoms with Crippen molar-refractivity contribution in [2.24, 2.45) is 0 Å². The number of rotatable bonds is 5. The molecule has 2 aromatic carbocycles. The molecule has 3 N–H and O–H groups in total. The van der Waals surface area contributed by atoms with Crippen molar-refractivity contribution in [2.75, 3.05) is 17.7 Å². The van der Waals surface area contributed by atoms with E-state index >= 15 is 0 Å². The van der Waals surface area contributed by atoms with E-state index in [1.807, 2.05) is 12.1 Å². The molecule has 0 aliphatic heterocycles. The average molecular weight is 486 g/mol. The van der Waals surface area contributed by atoms with E-state index in [0.717, 1.165) is 10.1 Å². The normalized spacial score (nSPS) is 10.6. The molecular weight excluding hydrogens is 470 g/mol. The highest BCUT2D eigenvalue weighted by atomic mass is 35.5. The van der Waals surface area contributed by atoms with Gasteiger partial charge in [0.15, 0.2) is 10.9 Å². The number of fused-ring (bicyclic) bond motifs is 1. The Labute approximate surface area is 197 Å². The Kier molecular flexibility index (Phi) is 6.40. The fourth-order valence-electron chi connectivity index (χ4n) is 2.92. The number of nitrogens with one attached hydrogen (secondary N) is 3. The molecule has 162 valence electrons. The maximum Gasteiger partial charge on any atom is 0.291 e. The monoisotopic (exact) mass is 485 g/mol. The fourth-order valence-corrected chi connectivity index (χ4v) is 4.57. The van der Waals surface area contributed by atoms with E-state index in [4.69, 9.17) is 33.0 Å². The van der Waals surface area contributed by atoms with Gasteiger partial charge >= 0.3 is 0 Å². The molecule has 4 aromatic rings. The van der Waals surface area contributed by atoms with Gasteiger partial charge in [0.05, 0.1) is 18.4 Å². The third-order valence-electron chi connectivity index (χ3n) is 4.39. The summed E-state index contributed by atoms with van der Waals surface area (Å²) in [6, 6.07) is 15.5. The smallest absolute Gasteiger partial charge is 0.291 e. The summed E-state index contributed by atoms with van der Waals surface area (Å²) >= 11 is 12.9. The quantitative estimate of drug-likeness (QED) is 0.322. The number of furan rings is 1. The van der Waals surface area contributed by atoms with Crippen LogP contribution in [0.15, 0.2) is 65.3 Å². The number of carbonyl (C=O) groups excluding carboxylic acids is 2. The maximum absolute atomic E-state index is 12.7. The standard InChI is InChI=1S/C22H16ClN3O4S2/c1-29-14-7-8-15-17(11-14)32-19(18(15)23)21(28)26-22(31)25-13-5-2-4-12(10-13)24-20(27)16-6-3-9-30-16/h2-11H,1H3,(H,24,27)(H2,25,26,28,31). The minimum atomic E-state index is -0.421. The molecule has 0 spiro atoms. The van der Waals surface area contributed by atoms with Crippen molar-refractivity contribution < 1.29 is 18.7 Å². The summed E-state index contributed by atoms with van der Waals surface area (Å²) in [4.78, 5) is 25.2. The molecular formula is C22H16ClN3O4S2. The van der Waals surface area contributed by atoms with E-state index in [1.165, 1.54) is 17.6 Å². The van der Waals surface area contributed by atoms with Gasteiger partial charge < -0.3 is 19.8 Å². The molecule has 0 saturated carbocycles. The number of anilines is 2. The zero-order valence-corrected chi connectivity index (χ0v) is 19.0. The molecule has 7 nitrogen and oxygen atoms in total. The average Bonchev–Trinajstić information content (AvgIpc) is 3.42. The largest absolute Gasteiger partial charge is 0.497 e. The lowest BCUT2D eigenvalue weighted by Crippen LogP contribution is -2.33. The van der Waals surface area contributed by atoms with E-state index in [-0.39, 0.29) is 16.8 Å². The summed E-state index contributed by atoms with van der Waals surface area (Å²) in [7, 11) is 1.57. The van der Waals surface area contributed by atoms with Crippen molar-refractivity contribution in [1.29, 1.82) is 0 Å². The van der Waals surface area contributed by atoms with Gasteiger partial charge in [0.2, 0.25) is 0 Å². The number of amides is 2. The van der Waals surface area contributed by atoms with Crippen LogP contribution in [0.25, 0.3) is 10.1 Å². The van der Waals surface area contributed by atoms with Crippen molar-refractivity contribution >= 4 is 73.5 Å². The minimum absolute atomic E-state index is 0.0932. The van der Waals surface area contributed by atoms with Crippen LogP contribution in [0.5, 0.6) is 5.75 Å². The molecule has 0 atom stereocenters. The van der Waals surface area contributed by atoms with Crippen LogP contribution in [0.3, 0.4) is 0 Å². The molecule has 2 aromatic heterocycles. The summed E-state index contributed by atoms with van der Waals surface area (Å²) in [5.74, 6) is 0.0802. The highest BCUT2D eigenvalue weighted by molar-refractivity contribution is 7.80. The van der Waals surface area contributed by atoms with E-state index in [2.05, 4.69) is 16.0 Å². The van der Waals surface area contributed by atoms with Gasteiger partial charge in [-0.05, 0) is 60.7 Å². The van der Waals surface area contributed by atoms with Crippen molar-refractivity contribution in [3.05, 3.63) is 76.5 Å². The fraction of sp³-hybridized carbons (Fsp3) is 0.0455. The summed E-state index contributed by atoms with van der Waals surface area (Å²) in [6.07, 6.45) is 1.42. The Balaban J connectivity index is 1.42. The lowest BCUT2D eigenvalue weighted by molar-refractivity contribution is 0.0978. The Morgan fingerprint density at radius 3 is 2.53 bits per heavy atom. The van der Waals surface area contributed by atoms with Gasteiger partial charge in [-0.3, -0.25) is 14.9 Å². The van der Waals surface area contributed by atoms with Gasteiger partial charge in [0.1, 0.15) is 10.6 Å². The SMILES string of the molecule is COc1ccc2c(Cl)c(C(=O)NC(=S)Nc3cccc(NC(=O)c4ccco4)c3)sc2c1. The highest BCUT2D eigenvalue weighted by Crippen LogP contribution is 2.37. The van der Waals surface area contributed by atoms with Crippen LogP contribution in [0.1, 0.15) is 20.2 Å². The second-order valence-corrected chi connectivity index (χ2v) is 8.37. The molecule has 0 radical (unpaired) electrons. The van der Waals surface area contributed by atoms with E-state index in [0.29, 0.717) is 27.0 Å². The van der Waals surface area contributed by atoms with Gasteiger partial charge in [0.25, 0.3) is 11.8 Å². The van der Waals surface area contributed by atoms with Gasteiger partial charge in [-0.25, -0.2) is 0 Å². The molecule has 4 rings (SSSR count). The number of hydrogen-bond donors (Lipinski definition) is 3. The number of methoxy groups -OCH3 is 1. The lowest BCUT2D eigenvalue weighted by Gasteiger charge is -2.11. The Bertz CT molecular complexity index is 1320. The first kappa shape index (κ1) is 21.8. The summed E-state index contributed by atoms with van der Waals surface area (Å²) in [5.41, 5.74) is 1.12. The number of ether oxygens (including phenoxy) is 1. The van der Waals surface area contributed by atoms with E-state index in [9.17, 15) is 9.59 Å². The third kappa shape index (κ3) is 4.75. The molecule has 2 heterocycles. The molecule has 32 heavy (non-hydrogen) atoms. The zero-order chi connectivity index (χ0) is 22.7. The molecule has 10 heteroatoms. The summed E-state index contributed by atoms with van der Waals surface area (Å²) in [5, 5.41) is 9.50. The van der Waals surface area contributed by atoms with Crippen LogP contribution in [0.4, 0.5) is 11.4 Å². The van der Waals surface area contributed by atoms with Crippen LogP contribution >= 0.6 is 35.2 Å². The molecule has 0 aliphatic rings. The van der Waals surface area contributed by atoms with E-state index in [1.54, 1.807) is 49.6 Å². The van der Waals surface area contributed by atoms with Gasteiger partial charge in [-0.2, -0.15) is 0 Å². The number of benzene rings is 2. The lowest BCUT2D eigenvalue weighted by atomic mass is 10.2. The maximum atomic E-state index is 12.7. The minimum Gasteiger partial charge on any atom is -0.497 e. The Morgan fingerprint density at radius 1 is 1.03 bits per heavy atom. The second-order valence-electron chi connectivity index (χ2n) is 6.53. The molecule has 0 aliphatic carbocycles.